The van der Waals surface area contributed by atoms with Crippen LogP contribution in [-0.2, 0) is 10.0 Å². The zero-order chi connectivity index (χ0) is 22.8. The van der Waals surface area contributed by atoms with Gasteiger partial charge in [0.25, 0.3) is 10.0 Å². The summed E-state index contributed by atoms with van der Waals surface area (Å²) in [5.41, 5.74) is 1.70. The second-order valence-corrected chi connectivity index (χ2v) is 10.4. The molecule has 1 atom stereocenters. The first-order chi connectivity index (χ1) is 16.0. The van der Waals surface area contributed by atoms with E-state index < -0.39 is 10.0 Å². The van der Waals surface area contributed by atoms with Gasteiger partial charge in [-0.2, -0.15) is 0 Å². The van der Waals surface area contributed by atoms with E-state index in [1.807, 2.05) is 18.2 Å². The van der Waals surface area contributed by atoms with Gasteiger partial charge in [0.15, 0.2) is 0 Å². The normalized spacial score (nSPS) is 16.7. The van der Waals surface area contributed by atoms with E-state index in [-0.39, 0.29) is 4.90 Å². The van der Waals surface area contributed by atoms with Gasteiger partial charge in [0.2, 0.25) is 5.95 Å². The van der Waals surface area contributed by atoms with Gasteiger partial charge in [-0.3, -0.25) is 0 Å². The van der Waals surface area contributed by atoms with Crippen LogP contribution in [-0.4, -0.2) is 42.0 Å². The Hall–Kier alpha value is -2.94. The van der Waals surface area contributed by atoms with Gasteiger partial charge in [-0.15, -0.1) is 0 Å². The van der Waals surface area contributed by atoms with Crippen LogP contribution in [0.3, 0.4) is 0 Å². The Bertz CT molecular complexity index is 1380. The molecule has 1 aliphatic rings. The highest BCUT2D eigenvalue weighted by molar-refractivity contribution is 7.90. The zero-order valence-corrected chi connectivity index (χ0v) is 19.5. The maximum absolute atomic E-state index is 13.4. The highest BCUT2D eigenvalue weighted by Crippen LogP contribution is 2.35. The molecule has 5 rings (SSSR count). The van der Waals surface area contributed by atoms with Crippen LogP contribution in [0.2, 0.25) is 5.02 Å². The number of nitrogens with one attached hydrogen (secondary N) is 2. The monoisotopic (exact) mass is 481 g/mol. The Kier molecular flexibility index (Phi) is 6.05. The molecule has 1 unspecified atom stereocenters. The highest BCUT2D eigenvalue weighted by Gasteiger charge is 2.23. The lowest BCUT2D eigenvalue weighted by molar-refractivity contribution is 0.392. The van der Waals surface area contributed by atoms with Gasteiger partial charge in [-0.25, -0.2) is 22.4 Å². The minimum absolute atomic E-state index is 0.217. The summed E-state index contributed by atoms with van der Waals surface area (Å²) < 4.78 is 28.1. The van der Waals surface area contributed by atoms with Gasteiger partial charge in [-0.05, 0) is 50.0 Å². The molecule has 1 fully saturated rings. The molecule has 0 radical (unpaired) electrons. The SMILES string of the molecule is O=S(=O)(c1ccccc1)n1cc(-c2nc(NCC3CCCNC3)ncc2Cl)c2ccccc21. The fraction of sp³-hybridized carbons (Fsp3) is 0.250. The average Bonchev–Trinajstić information content (AvgIpc) is 3.25. The number of halogens is 1. The number of nitrogens with zero attached hydrogens (tertiary/aromatic N) is 3. The van der Waals surface area contributed by atoms with Gasteiger partial charge in [-0.1, -0.05) is 48.0 Å². The van der Waals surface area contributed by atoms with E-state index in [9.17, 15) is 8.42 Å². The zero-order valence-electron chi connectivity index (χ0n) is 17.9. The Balaban J connectivity index is 1.55. The number of piperidine rings is 1. The first-order valence-electron chi connectivity index (χ1n) is 10.9. The molecule has 9 heteroatoms. The van der Waals surface area contributed by atoms with Gasteiger partial charge in [0.05, 0.1) is 27.3 Å². The molecule has 1 aliphatic heterocycles. The van der Waals surface area contributed by atoms with E-state index in [0.29, 0.717) is 33.7 Å². The first kappa shape index (κ1) is 21.9. The summed E-state index contributed by atoms with van der Waals surface area (Å²) in [4.78, 5) is 9.21. The van der Waals surface area contributed by atoms with Crippen LogP contribution in [0.25, 0.3) is 22.2 Å². The van der Waals surface area contributed by atoms with Crippen molar-refractivity contribution in [2.45, 2.75) is 17.7 Å². The smallest absolute Gasteiger partial charge is 0.268 e. The molecule has 0 spiro atoms. The van der Waals surface area contributed by atoms with E-state index in [1.165, 1.54) is 3.97 Å². The van der Waals surface area contributed by atoms with E-state index in [4.69, 9.17) is 11.6 Å². The van der Waals surface area contributed by atoms with Crippen LogP contribution in [0, 0.1) is 5.92 Å². The molecule has 0 bridgehead atoms. The fourth-order valence-electron chi connectivity index (χ4n) is 4.22. The van der Waals surface area contributed by atoms with Crippen molar-refractivity contribution in [2.75, 3.05) is 25.0 Å². The van der Waals surface area contributed by atoms with Crippen molar-refractivity contribution in [1.29, 1.82) is 0 Å². The van der Waals surface area contributed by atoms with E-state index in [2.05, 4.69) is 20.6 Å². The van der Waals surface area contributed by atoms with E-state index >= 15 is 0 Å². The van der Waals surface area contributed by atoms with Crippen molar-refractivity contribution < 1.29 is 8.42 Å². The number of benzene rings is 2. The minimum atomic E-state index is -3.79. The fourth-order valence-corrected chi connectivity index (χ4v) is 5.80. The lowest BCUT2D eigenvalue weighted by Gasteiger charge is -2.22. The van der Waals surface area contributed by atoms with Crippen LogP contribution >= 0.6 is 11.6 Å². The molecule has 1 saturated heterocycles. The van der Waals surface area contributed by atoms with Crippen LogP contribution < -0.4 is 10.6 Å². The number of rotatable bonds is 6. The van der Waals surface area contributed by atoms with Crippen LogP contribution in [0.4, 0.5) is 5.95 Å². The summed E-state index contributed by atoms with van der Waals surface area (Å²) >= 11 is 6.50. The molecule has 2 aromatic heterocycles. The number of hydrogen-bond donors (Lipinski definition) is 2. The van der Waals surface area contributed by atoms with Gasteiger partial charge in [0, 0.05) is 23.7 Å². The first-order valence-corrected chi connectivity index (χ1v) is 12.7. The second kappa shape index (κ2) is 9.13. The van der Waals surface area contributed by atoms with Crippen molar-refractivity contribution in [3.8, 4) is 11.3 Å². The molecular formula is C24H24ClN5O2S. The summed E-state index contributed by atoms with van der Waals surface area (Å²) in [6, 6.07) is 15.7. The molecule has 33 heavy (non-hydrogen) atoms. The van der Waals surface area contributed by atoms with Crippen molar-refractivity contribution in [2.24, 2.45) is 5.92 Å². The number of hydrogen-bond acceptors (Lipinski definition) is 6. The molecule has 2 aromatic carbocycles. The maximum atomic E-state index is 13.4. The van der Waals surface area contributed by atoms with Gasteiger partial charge < -0.3 is 10.6 Å². The molecule has 3 heterocycles. The average molecular weight is 482 g/mol. The van der Waals surface area contributed by atoms with Crippen LogP contribution in [0.5, 0.6) is 0 Å². The number of anilines is 1. The maximum Gasteiger partial charge on any atom is 0.268 e. The van der Waals surface area contributed by atoms with E-state index in [1.54, 1.807) is 48.8 Å². The predicted molar refractivity (Wildman–Crippen MR) is 131 cm³/mol. The largest absolute Gasteiger partial charge is 0.354 e. The number of fused-ring (bicyclic) bond motifs is 1. The number of aromatic nitrogens is 3. The Labute approximate surface area is 197 Å². The lowest BCUT2D eigenvalue weighted by atomic mass is 10.00. The molecule has 0 aliphatic carbocycles. The molecule has 7 nitrogen and oxygen atoms in total. The van der Waals surface area contributed by atoms with Crippen molar-refractivity contribution in [1.82, 2.24) is 19.3 Å². The van der Waals surface area contributed by atoms with Crippen molar-refractivity contribution in [3.63, 3.8) is 0 Å². The van der Waals surface area contributed by atoms with Gasteiger partial charge in [0.1, 0.15) is 0 Å². The number of para-hydroxylation sites is 1. The molecule has 4 aromatic rings. The lowest BCUT2D eigenvalue weighted by Crippen LogP contribution is -2.33. The summed E-state index contributed by atoms with van der Waals surface area (Å²) in [5.74, 6) is 0.988. The van der Waals surface area contributed by atoms with Crippen molar-refractivity contribution >= 4 is 38.5 Å². The third-order valence-corrected chi connectivity index (χ3v) is 7.89. The quantitative estimate of drug-likeness (QED) is 0.424. The molecule has 0 amide bonds. The predicted octanol–water partition coefficient (Wildman–Crippen LogP) is 4.40. The minimum Gasteiger partial charge on any atom is -0.354 e. The molecular weight excluding hydrogens is 458 g/mol. The third kappa shape index (κ3) is 4.34. The molecule has 0 saturated carbocycles. The Morgan fingerprint density at radius 3 is 2.70 bits per heavy atom. The summed E-state index contributed by atoms with van der Waals surface area (Å²) in [7, 11) is -3.79. The molecule has 170 valence electrons. The Morgan fingerprint density at radius 2 is 1.91 bits per heavy atom. The third-order valence-electron chi connectivity index (χ3n) is 5.93. The summed E-state index contributed by atoms with van der Waals surface area (Å²) in [6.07, 6.45) is 5.47. The van der Waals surface area contributed by atoms with Crippen LogP contribution in [0.15, 0.2) is 71.9 Å². The topological polar surface area (TPSA) is 88.9 Å². The second-order valence-electron chi connectivity index (χ2n) is 8.16. The standard InChI is InChI=1S/C24H24ClN5O2S/c25-21-15-28-24(27-14-17-7-6-12-26-13-17)29-23(21)20-16-30(22-11-5-4-10-19(20)22)33(31,32)18-8-2-1-3-9-18/h1-5,8-11,15-17,26H,6-7,12-14H2,(H,27,28,29). The van der Waals surface area contributed by atoms with Gasteiger partial charge >= 0.3 is 0 Å². The van der Waals surface area contributed by atoms with Crippen molar-refractivity contribution in [3.05, 3.63) is 72.0 Å². The molecule has 2 N–H and O–H groups in total. The highest BCUT2D eigenvalue weighted by atomic mass is 35.5. The summed E-state index contributed by atoms with van der Waals surface area (Å²) in [5, 5.41) is 7.83. The van der Waals surface area contributed by atoms with E-state index in [0.717, 1.165) is 37.9 Å². The summed E-state index contributed by atoms with van der Waals surface area (Å²) in [6.45, 7) is 2.80. The van der Waals surface area contributed by atoms with Crippen LogP contribution in [0.1, 0.15) is 12.8 Å². The Morgan fingerprint density at radius 1 is 1.12 bits per heavy atom.